The van der Waals surface area contributed by atoms with Crippen LogP contribution in [0.15, 0.2) is 42.6 Å². The van der Waals surface area contributed by atoms with Gasteiger partial charge in [-0.1, -0.05) is 23.7 Å². The van der Waals surface area contributed by atoms with Gasteiger partial charge >= 0.3 is 0 Å². The lowest BCUT2D eigenvalue weighted by atomic mass is 9.88. The summed E-state index contributed by atoms with van der Waals surface area (Å²) in [5.74, 6) is 0.354. The lowest BCUT2D eigenvalue weighted by molar-refractivity contribution is -0.122. The Labute approximate surface area is 172 Å². The van der Waals surface area contributed by atoms with Crippen LogP contribution in [0.3, 0.4) is 0 Å². The maximum absolute atomic E-state index is 12.9. The molecule has 0 saturated heterocycles. The van der Waals surface area contributed by atoms with Gasteiger partial charge in [0.1, 0.15) is 5.82 Å². The van der Waals surface area contributed by atoms with Crippen molar-refractivity contribution in [2.24, 2.45) is 0 Å². The van der Waals surface area contributed by atoms with Gasteiger partial charge in [0.05, 0.1) is 11.3 Å². The van der Waals surface area contributed by atoms with Crippen LogP contribution in [0.2, 0.25) is 5.02 Å². The average Bonchev–Trinajstić information content (AvgIpc) is 3.01. The van der Waals surface area contributed by atoms with Crippen molar-refractivity contribution in [1.82, 2.24) is 15.3 Å². The molecule has 0 saturated carbocycles. The zero-order valence-corrected chi connectivity index (χ0v) is 16.7. The van der Waals surface area contributed by atoms with Crippen LogP contribution < -0.4 is 11.1 Å². The Bertz CT molecular complexity index is 1060. The standard InChI is InChI=1S/C20H19ClN4O.CH2O2/c1-20(2)10-14-17(19(26)25-20)16(11-3-5-13(21)6-4-11)18(24-14)12-7-8-23-15(22)9-12;2-1-3/h3-9,24H,10H2,1-2H3,(H2,22,23)(H,25,26);1H,(H,2,3). The van der Waals surface area contributed by atoms with E-state index in [9.17, 15) is 4.79 Å². The number of carbonyl (C=O) groups excluding carboxylic acids is 1. The number of nitrogens with two attached hydrogens (primary N) is 1. The molecule has 7 nitrogen and oxygen atoms in total. The van der Waals surface area contributed by atoms with Crippen molar-refractivity contribution in [1.29, 1.82) is 0 Å². The van der Waals surface area contributed by atoms with Crippen LogP contribution >= 0.6 is 11.6 Å². The molecule has 3 aromatic rings. The topological polar surface area (TPSA) is 121 Å². The SMILES string of the molecule is CC1(C)Cc2[nH]c(-c3ccnc(N)c3)c(-c3ccc(Cl)cc3)c2C(=O)N1.O=CO. The number of fused-ring (bicyclic) bond motifs is 1. The number of aromatic amines is 1. The Balaban J connectivity index is 0.000000755. The van der Waals surface area contributed by atoms with Gasteiger partial charge in [-0.3, -0.25) is 9.59 Å². The molecule has 4 rings (SSSR count). The fraction of sp³-hybridized carbons (Fsp3) is 0.190. The van der Waals surface area contributed by atoms with Gasteiger partial charge in [-0.2, -0.15) is 0 Å². The number of nitrogens with zero attached hydrogens (tertiary/aromatic N) is 1. The van der Waals surface area contributed by atoms with Gasteiger partial charge in [0.15, 0.2) is 0 Å². The molecule has 150 valence electrons. The van der Waals surface area contributed by atoms with Crippen molar-refractivity contribution >= 4 is 29.8 Å². The van der Waals surface area contributed by atoms with E-state index >= 15 is 0 Å². The van der Waals surface area contributed by atoms with E-state index in [1.54, 1.807) is 12.3 Å². The molecule has 0 atom stereocenters. The number of carboxylic acid groups (broad SMARTS) is 1. The molecule has 1 aliphatic heterocycles. The third kappa shape index (κ3) is 4.25. The number of nitrogen functional groups attached to an aromatic ring is 1. The summed E-state index contributed by atoms with van der Waals surface area (Å²) < 4.78 is 0. The molecule has 29 heavy (non-hydrogen) atoms. The van der Waals surface area contributed by atoms with Crippen molar-refractivity contribution in [2.75, 3.05) is 5.73 Å². The van der Waals surface area contributed by atoms with E-state index in [-0.39, 0.29) is 17.9 Å². The van der Waals surface area contributed by atoms with Crippen molar-refractivity contribution < 1.29 is 14.7 Å². The lowest BCUT2D eigenvalue weighted by Gasteiger charge is -2.30. The highest BCUT2D eigenvalue weighted by molar-refractivity contribution is 6.30. The minimum atomic E-state index is -0.305. The molecule has 1 aromatic carbocycles. The number of H-pyrrole nitrogens is 1. The molecule has 0 bridgehead atoms. The van der Waals surface area contributed by atoms with Crippen molar-refractivity contribution in [3.63, 3.8) is 0 Å². The van der Waals surface area contributed by atoms with E-state index in [1.165, 1.54) is 0 Å². The van der Waals surface area contributed by atoms with Crippen LogP contribution in [-0.4, -0.2) is 33.0 Å². The van der Waals surface area contributed by atoms with Gasteiger partial charge < -0.3 is 21.1 Å². The highest BCUT2D eigenvalue weighted by atomic mass is 35.5. The van der Waals surface area contributed by atoms with Gasteiger partial charge in [-0.05, 0) is 43.7 Å². The number of nitrogens with one attached hydrogen (secondary N) is 2. The first-order chi connectivity index (χ1) is 13.8. The predicted octanol–water partition coefficient (Wildman–Crippen LogP) is 3.74. The summed E-state index contributed by atoms with van der Waals surface area (Å²) in [7, 11) is 0. The Morgan fingerprint density at radius 1 is 1.17 bits per heavy atom. The molecule has 5 N–H and O–H groups in total. The fourth-order valence-electron chi connectivity index (χ4n) is 3.52. The van der Waals surface area contributed by atoms with Crippen LogP contribution in [0.1, 0.15) is 29.9 Å². The normalized spacial score (nSPS) is 14.2. The second kappa shape index (κ2) is 7.97. The van der Waals surface area contributed by atoms with Gasteiger partial charge in [0.2, 0.25) is 0 Å². The maximum atomic E-state index is 12.9. The third-order valence-corrected chi connectivity index (χ3v) is 4.83. The van der Waals surface area contributed by atoms with Gasteiger partial charge in [-0.15, -0.1) is 0 Å². The Morgan fingerprint density at radius 2 is 1.83 bits per heavy atom. The highest BCUT2D eigenvalue weighted by Gasteiger charge is 2.35. The number of rotatable bonds is 2. The molecule has 0 unspecified atom stereocenters. The number of pyridine rings is 1. The molecular weight excluding hydrogens is 392 g/mol. The van der Waals surface area contributed by atoms with Crippen LogP contribution in [0, 0.1) is 0 Å². The molecule has 2 aromatic heterocycles. The second-order valence-corrected chi connectivity index (χ2v) is 7.76. The minimum absolute atomic E-state index is 0.0780. The highest BCUT2D eigenvalue weighted by Crippen LogP contribution is 2.40. The van der Waals surface area contributed by atoms with Crippen molar-refractivity contribution in [2.45, 2.75) is 25.8 Å². The Morgan fingerprint density at radius 3 is 2.45 bits per heavy atom. The quantitative estimate of drug-likeness (QED) is 0.477. The molecule has 0 radical (unpaired) electrons. The maximum Gasteiger partial charge on any atom is 0.290 e. The van der Waals surface area contributed by atoms with E-state index in [4.69, 9.17) is 27.2 Å². The second-order valence-electron chi connectivity index (χ2n) is 7.33. The summed E-state index contributed by atoms with van der Waals surface area (Å²) in [4.78, 5) is 28.8. The van der Waals surface area contributed by atoms with Crippen LogP contribution in [0.5, 0.6) is 0 Å². The predicted molar refractivity (Wildman–Crippen MR) is 113 cm³/mol. The Kier molecular flexibility index (Phi) is 5.61. The number of halogens is 1. The number of benzene rings is 1. The van der Waals surface area contributed by atoms with Gasteiger partial charge in [0.25, 0.3) is 12.4 Å². The van der Waals surface area contributed by atoms with Gasteiger partial charge in [0, 0.05) is 40.0 Å². The third-order valence-electron chi connectivity index (χ3n) is 4.58. The van der Waals surface area contributed by atoms with Crippen molar-refractivity contribution in [3.05, 3.63) is 58.9 Å². The van der Waals surface area contributed by atoms with E-state index < -0.39 is 0 Å². The molecule has 0 spiro atoms. The number of hydrogen-bond donors (Lipinski definition) is 4. The first kappa shape index (κ1) is 20.4. The average molecular weight is 413 g/mol. The molecule has 8 heteroatoms. The minimum Gasteiger partial charge on any atom is -0.483 e. The zero-order chi connectivity index (χ0) is 21.2. The zero-order valence-electron chi connectivity index (χ0n) is 16.0. The summed E-state index contributed by atoms with van der Waals surface area (Å²) in [5.41, 5.74) is 10.7. The molecular formula is C21H21ClN4O3. The number of hydrogen-bond acceptors (Lipinski definition) is 4. The van der Waals surface area contributed by atoms with E-state index in [0.29, 0.717) is 16.4 Å². The monoisotopic (exact) mass is 412 g/mol. The summed E-state index contributed by atoms with van der Waals surface area (Å²) in [6.45, 7) is 3.78. The molecule has 3 heterocycles. The van der Waals surface area contributed by atoms with E-state index in [0.717, 1.165) is 34.5 Å². The van der Waals surface area contributed by atoms with Gasteiger partial charge in [-0.25, -0.2) is 4.98 Å². The number of anilines is 1. The van der Waals surface area contributed by atoms with E-state index in [1.807, 2.05) is 44.2 Å². The van der Waals surface area contributed by atoms with Crippen molar-refractivity contribution in [3.8, 4) is 22.4 Å². The molecule has 1 amide bonds. The number of aromatic nitrogens is 2. The van der Waals surface area contributed by atoms with Crippen LogP contribution in [0.4, 0.5) is 5.82 Å². The summed E-state index contributed by atoms with van der Waals surface area (Å²) in [6, 6.07) is 11.2. The molecule has 1 aliphatic rings. The lowest BCUT2D eigenvalue weighted by Crippen LogP contribution is -2.49. The first-order valence-electron chi connectivity index (χ1n) is 8.89. The summed E-state index contributed by atoms with van der Waals surface area (Å²) in [5, 5.41) is 10.6. The Hall–Kier alpha value is -3.32. The summed E-state index contributed by atoms with van der Waals surface area (Å²) in [6.07, 6.45) is 2.38. The molecule has 0 aliphatic carbocycles. The first-order valence-corrected chi connectivity index (χ1v) is 9.26. The smallest absolute Gasteiger partial charge is 0.290 e. The summed E-state index contributed by atoms with van der Waals surface area (Å²) >= 11 is 6.05. The van der Waals surface area contributed by atoms with Crippen LogP contribution in [0.25, 0.3) is 22.4 Å². The fourth-order valence-corrected chi connectivity index (χ4v) is 3.64. The number of amides is 1. The number of carbonyl (C=O) groups is 2. The molecule has 0 fully saturated rings. The largest absolute Gasteiger partial charge is 0.483 e. The van der Waals surface area contributed by atoms with Crippen LogP contribution in [-0.2, 0) is 11.2 Å². The van der Waals surface area contributed by atoms with E-state index in [2.05, 4.69) is 15.3 Å².